The van der Waals surface area contributed by atoms with Crippen molar-refractivity contribution < 1.29 is 9.53 Å². The number of nitrogens with zero attached hydrogens (tertiary/aromatic N) is 1. The predicted molar refractivity (Wildman–Crippen MR) is 47.1 cm³/mol. The van der Waals surface area contributed by atoms with E-state index in [0.717, 1.165) is 25.9 Å². The van der Waals surface area contributed by atoms with Crippen LogP contribution in [0.1, 0.15) is 32.6 Å². The highest BCUT2D eigenvalue weighted by Crippen LogP contribution is 2.10. The third-order valence-corrected chi connectivity index (χ3v) is 2.13. The SMILES string of the molecule is CCOC(=O)N1CCCCCC1. The van der Waals surface area contributed by atoms with Gasteiger partial charge in [0.1, 0.15) is 0 Å². The van der Waals surface area contributed by atoms with Gasteiger partial charge in [0, 0.05) is 13.1 Å². The summed E-state index contributed by atoms with van der Waals surface area (Å²) in [5.74, 6) is 0. The van der Waals surface area contributed by atoms with E-state index in [4.69, 9.17) is 4.74 Å². The number of likely N-dealkylation sites (tertiary alicyclic amines) is 1. The molecule has 0 spiro atoms. The minimum atomic E-state index is -0.139. The van der Waals surface area contributed by atoms with Crippen LogP contribution in [0.4, 0.5) is 4.79 Å². The first-order chi connectivity index (χ1) is 5.84. The summed E-state index contributed by atoms with van der Waals surface area (Å²) in [6, 6.07) is 0. The smallest absolute Gasteiger partial charge is 0.409 e. The maximum Gasteiger partial charge on any atom is 0.409 e. The molecule has 0 aromatic heterocycles. The quantitative estimate of drug-likeness (QED) is 0.604. The average Bonchev–Trinajstić information content (AvgIpc) is 2.32. The van der Waals surface area contributed by atoms with E-state index < -0.39 is 0 Å². The Morgan fingerprint density at radius 3 is 2.33 bits per heavy atom. The van der Waals surface area contributed by atoms with E-state index >= 15 is 0 Å². The molecular formula is C9H17NO2. The lowest BCUT2D eigenvalue weighted by Gasteiger charge is -2.18. The first-order valence-corrected chi connectivity index (χ1v) is 4.76. The van der Waals surface area contributed by atoms with E-state index in [9.17, 15) is 4.79 Å². The zero-order valence-electron chi connectivity index (χ0n) is 7.71. The number of hydrogen-bond acceptors (Lipinski definition) is 2. The lowest BCUT2D eigenvalue weighted by molar-refractivity contribution is 0.108. The van der Waals surface area contributed by atoms with Gasteiger partial charge in [-0.2, -0.15) is 0 Å². The summed E-state index contributed by atoms with van der Waals surface area (Å²) >= 11 is 0. The molecule has 3 nitrogen and oxygen atoms in total. The Bertz CT molecular complexity index is 139. The third-order valence-electron chi connectivity index (χ3n) is 2.13. The summed E-state index contributed by atoms with van der Waals surface area (Å²) < 4.78 is 4.92. The molecule has 1 heterocycles. The molecule has 1 fully saturated rings. The van der Waals surface area contributed by atoms with Crippen LogP contribution in [-0.2, 0) is 4.74 Å². The zero-order valence-corrected chi connectivity index (χ0v) is 7.71. The van der Waals surface area contributed by atoms with Crippen LogP contribution in [0.25, 0.3) is 0 Å². The van der Waals surface area contributed by atoms with Crippen molar-refractivity contribution in [1.82, 2.24) is 4.90 Å². The molecule has 0 radical (unpaired) electrons. The Morgan fingerprint density at radius 1 is 1.25 bits per heavy atom. The molecule has 0 aromatic carbocycles. The topological polar surface area (TPSA) is 29.5 Å². The molecule has 0 saturated carbocycles. The van der Waals surface area contributed by atoms with E-state index in [0.29, 0.717) is 6.61 Å². The van der Waals surface area contributed by atoms with Crippen LogP contribution < -0.4 is 0 Å². The number of amides is 1. The van der Waals surface area contributed by atoms with Crippen molar-refractivity contribution >= 4 is 6.09 Å². The van der Waals surface area contributed by atoms with Gasteiger partial charge in [0.25, 0.3) is 0 Å². The van der Waals surface area contributed by atoms with Crippen LogP contribution in [0.5, 0.6) is 0 Å². The second-order valence-electron chi connectivity index (χ2n) is 3.10. The van der Waals surface area contributed by atoms with Crippen molar-refractivity contribution in [1.29, 1.82) is 0 Å². The minimum Gasteiger partial charge on any atom is -0.450 e. The summed E-state index contributed by atoms with van der Waals surface area (Å²) in [5, 5.41) is 0. The van der Waals surface area contributed by atoms with E-state index in [-0.39, 0.29) is 6.09 Å². The standard InChI is InChI=1S/C9H17NO2/c1-2-12-9(11)10-7-5-3-4-6-8-10/h2-8H2,1H3. The fraction of sp³-hybridized carbons (Fsp3) is 0.889. The van der Waals surface area contributed by atoms with E-state index in [1.807, 2.05) is 11.8 Å². The number of carbonyl (C=O) groups excluding carboxylic acids is 1. The van der Waals surface area contributed by atoms with Gasteiger partial charge in [0.05, 0.1) is 6.61 Å². The van der Waals surface area contributed by atoms with E-state index in [1.165, 1.54) is 12.8 Å². The molecule has 1 aliphatic heterocycles. The van der Waals surface area contributed by atoms with Crippen molar-refractivity contribution in [3.63, 3.8) is 0 Å². The Kier molecular flexibility index (Phi) is 3.91. The summed E-state index contributed by atoms with van der Waals surface area (Å²) in [5.41, 5.74) is 0. The van der Waals surface area contributed by atoms with E-state index in [1.54, 1.807) is 0 Å². The fourth-order valence-electron chi connectivity index (χ4n) is 1.47. The highest BCUT2D eigenvalue weighted by atomic mass is 16.6. The molecule has 1 amide bonds. The van der Waals surface area contributed by atoms with Crippen LogP contribution in [0.15, 0.2) is 0 Å². The highest BCUT2D eigenvalue weighted by molar-refractivity contribution is 5.67. The first-order valence-electron chi connectivity index (χ1n) is 4.76. The molecule has 1 rings (SSSR count). The Hall–Kier alpha value is -0.730. The van der Waals surface area contributed by atoms with Crippen LogP contribution in [0, 0.1) is 0 Å². The minimum absolute atomic E-state index is 0.139. The third kappa shape index (κ3) is 2.72. The zero-order chi connectivity index (χ0) is 8.81. The molecule has 0 aromatic rings. The first kappa shape index (κ1) is 9.36. The van der Waals surface area contributed by atoms with Crippen molar-refractivity contribution in [2.45, 2.75) is 32.6 Å². The highest BCUT2D eigenvalue weighted by Gasteiger charge is 2.15. The maximum absolute atomic E-state index is 11.3. The Morgan fingerprint density at radius 2 is 1.83 bits per heavy atom. The summed E-state index contributed by atoms with van der Waals surface area (Å²) in [6.45, 7) is 4.07. The molecule has 3 heteroatoms. The van der Waals surface area contributed by atoms with Gasteiger partial charge in [-0.25, -0.2) is 4.79 Å². The monoisotopic (exact) mass is 171 g/mol. The van der Waals surface area contributed by atoms with Crippen LogP contribution >= 0.6 is 0 Å². The molecule has 70 valence electrons. The number of ether oxygens (including phenoxy) is 1. The number of carbonyl (C=O) groups is 1. The molecule has 0 aliphatic carbocycles. The summed E-state index contributed by atoms with van der Waals surface area (Å²) in [4.78, 5) is 13.1. The predicted octanol–water partition coefficient (Wildman–Crippen LogP) is 2.02. The molecular weight excluding hydrogens is 154 g/mol. The molecule has 1 aliphatic rings. The summed E-state index contributed by atoms with van der Waals surface area (Å²) in [6.07, 6.45) is 4.60. The van der Waals surface area contributed by atoms with Gasteiger partial charge in [0.15, 0.2) is 0 Å². The second kappa shape index (κ2) is 5.01. The van der Waals surface area contributed by atoms with Crippen LogP contribution in [-0.4, -0.2) is 30.7 Å². The van der Waals surface area contributed by atoms with Gasteiger partial charge in [0.2, 0.25) is 0 Å². The molecule has 0 unspecified atom stereocenters. The van der Waals surface area contributed by atoms with Crippen molar-refractivity contribution in [3.05, 3.63) is 0 Å². The van der Waals surface area contributed by atoms with Crippen molar-refractivity contribution in [2.24, 2.45) is 0 Å². The molecule has 0 N–H and O–H groups in total. The molecule has 0 atom stereocenters. The van der Waals surface area contributed by atoms with Crippen LogP contribution in [0.3, 0.4) is 0 Å². The van der Waals surface area contributed by atoms with Gasteiger partial charge in [-0.05, 0) is 19.8 Å². The normalized spacial score (nSPS) is 18.6. The molecule has 12 heavy (non-hydrogen) atoms. The van der Waals surface area contributed by atoms with E-state index in [2.05, 4.69) is 0 Å². The van der Waals surface area contributed by atoms with Gasteiger partial charge < -0.3 is 9.64 Å². The molecule has 1 saturated heterocycles. The molecule has 0 bridgehead atoms. The second-order valence-corrected chi connectivity index (χ2v) is 3.10. The van der Waals surface area contributed by atoms with Crippen molar-refractivity contribution in [3.8, 4) is 0 Å². The average molecular weight is 171 g/mol. The lowest BCUT2D eigenvalue weighted by Crippen LogP contribution is -2.32. The Labute approximate surface area is 73.7 Å². The Balaban J connectivity index is 2.32. The largest absolute Gasteiger partial charge is 0.450 e. The fourth-order valence-corrected chi connectivity index (χ4v) is 1.47. The number of rotatable bonds is 1. The lowest BCUT2D eigenvalue weighted by atomic mass is 10.2. The summed E-state index contributed by atoms with van der Waals surface area (Å²) in [7, 11) is 0. The van der Waals surface area contributed by atoms with Gasteiger partial charge in [-0.15, -0.1) is 0 Å². The van der Waals surface area contributed by atoms with Gasteiger partial charge in [-0.3, -0.25) is 0 Å². The van der Waals surface area contributed by atoms with Crippen molar-refractivity contribution in [2.75, 3.05) is 19.7 Å². The van der Waals surface area contributed by atoms with Gasteiger partial charge in [-0.1, -0.05) is 12.8 Å². The van der Waals surface area contributed by atoms with Gasteiger partial charge >= 0.3 is 6.09 Å². The number of hydrogen-bond donors (Lipinski definition) is 0. The maximum atomic E-state index is 11.3. The van der Waals surface area contributed by atoms with Crippen LogP contribution in [0.2, 0.25) is 0 Å².